The van der Waals surface area contributed by atoms with Crippen LogP contribution in [0.2, 0.25) is 26.2 Å². The summed E-state index contributed by atoms with van der Waals surface area (Å²) in [5.74, 6) is 0.839. The van der Waals surface area contributed by atoms with Crippen molar-refractivity contribution in [3.05, 3.63) is 66.7 Å². The maximum absolute atomic E-state index is 6.34. The van der Waals surface area contributed by atoms with Gasteiger partial charge in [-0.1, -0.05) is 48.5 Å². The molecule has 0 saturated carbocycles. The van der Waals surface area contributed by atoms with E-state index in [0.717, 1.165) is 16.7 Å². The molecule has 5 aromatic rings. The van der Waals surface area contributed by atoms with Gasteiger partial charge < -0.3 is 18.0 Å². The molecule has 158 valence electrons. The lowest BCUT2D eigenvalue weighted by atomic mass is 10.0. The van der Waals surface area contributed by atoms with E-state index < -0.39 is 17.1 Å². The van der Waals surface area contributed by atoms with Crippen LogP contribution in [-0.2, 0) is 8.54 Å². The van der Waals surface area contributed by atoms with Gasteiger partial charge in [0.25, 0.3) is 0 Å². The predicted molar refractivity (Wildman–Crippen MR) is 135 cm³/mol. The molecule has 0 aliphatic rings. The Morgan fingerprint density at radius 2 is 1.26 bits per heavy atom. The number of hydrogen-bond donors (Lipinski definition) is 1. The summed E-state index contributed by atoms with van der Waals surface area (Å²) in [6.45, 7) is 8.22. The van der Waals surface area contributed by atoms with Crippen LogP contribution in [0.25, 0.3) is 43.4 Å². The van der Waals surface area contributed by atoms with E-state index in [2.05, 4.69) is 78.7 Å². The number of benzene rings is 4. The van der Waals surface area contributed by atoms with E-state index in [9.17, 15) is 0 Å². The number of aromatic amines is 1. The Balaban J connectivity index is 1.59. The molecule has 6 heteroatoms. The van der Waals surface area contributed by atoms with Crippen LogP contribution in [-0.4, -0.2) is 29.2 Å². The van der Waals surface area contributed by atoms with Gasteiger partial charge in [0.15, 0.2) is 0 Å². The van der Waals surface area contributed by atoms with Crippen molar-refractivity contribution in [1.29, 1.82) is 0 Å². The monoisotopic (exact) mass is 445 g/mol. The van der Waals surface area contributed by atoms with Crippen molar-refractivity contribution >= 4 is 60.5 Å². The topological polar surface area (TPSA) is 43.5 Å². The van der Waals surface area contributed by atoms with Crippen molar-refractivity contribution in [3.63, 3.8) is 0 Å². The fourth-order valence-corrected chi connectivity index (χ4v) is 10.4. The fourth-order valence-electron chi connectivity index (χ4n) is 4.42. The number of rotatable bonds is 5. The largest absolute Gasteiger partial charge is 0.521 e. The van der Waals surface area contributed by atoms with Gasteiger partial charge in [-0.05, 0) is 55.2 Å². The normalized spacial score (nSPS) is 12.9. The van der Waals surface area contributed by atoms with Gasteiger partial charge in [0, 0.05) is 28.7 Å². The van der Waals surface area contributed by atoms with Gasteiger partial charge in [0.05, 0.1) is 11.0 Å². The predicted octanol–water partition coefficient (Wildman–Crippen LogP) is 7.07. The first-order chi connectivity index (χ1) is 14.8. The van der Waals surface area contributed by atoms with Gasteiger partial charge in [-0.2, -0.15) is 0 Å². The van der Waals surface area contributed by atoms with Gasteiger partial charge >= 0.3 is 17.1 Å². The Hall–Kier alpha value is -2.65. The van der Waals surface area contributed by atoms with Crippen LogP contribution in [0.15, 0.2) is 66.7 Å². The third kappa shape index (κ3) is 3.66. The second-order valence-corrected chi connectivity index (χ2v) is 15.9. The van der Waals surface area contributed by atoms with Crippen LogP contribution in [0.3, 0.4) is 0 Å². The first kappa shape index (κ1) is 20.3. The molecule has 1 heterocycles. The zero-order valence-corrected chi connectivity index (χ0v) is 20.6. The average molecular weight is 446 g/mol. The molecular weight excluding hydrogens is 418 g/mol. The first-order valence-corrected chi connectivity index (χ1v) is 16.2. The van der Waals surface area contributed by atoms with Crippen LogP contribution in [0.5, 0.6) is 5.75 Å². The average Bonchev–Trinajstić information content (AvgIpc) is 3.12. The van der Waals surface area contributed by atoms with Gasteiger partial charge in [-0.3, -0.25) is 0 Å². The molecule has 1 N–H and O–H groups in total. The summed E-state index contributed by atoms with van der Waals surface area (Å²) in [6.07, 6.45) is 0. The minimum absolute atomic E-state index is 0.839. The van der Waals surface area contributed by atoms with Crippen molar-refractivity contribution in [1.82, 2.24) is 4.98 Å². The van der Waals surface area contributed by atoms with Gasteiger partial charge in [0.2, 0.25) is 0 Å². The number of fused-ring (bicyclic) bond motifs is 7. The van der Waals surface area contributed by atoms with Gasteiger partial charge in [-0.25, -0.2) is 0 Å². The Morgan fingerprint density at radius 1 is 0.645 bits per heavy atom. The summed E-state index contributed by atoms with van der Waals surface area (Å²) in [4.78, 5) is 3.70. The van der Waals surface area contributed by atoms with Gasteiger partial charge in [-0.15, -0.1) is 0 Å². The molecule has 4 nitrogen and oxygen atoms in total. The molecule has 31 heavy (non-hydrogen) atoms. The highest BCUT2D eigenvalue weighted by Gasteiger charge is 2.37. The zero-order chi connectivity index (χ0) is 21.8. The summed E-state index contributed by atoms with van der Waals surface area (Å²) in [5, 5.41) is 7.33. The van der Waals surface area contributed by atoms with Crippen molar-refractivity contribution in [2.45, 2.75) is 26.2 Å². The maximum atomic E-state index is 6.34. The lowest BCUT2D eigenvalue weighted by molar-refractivity contribution is 0.281. The van der Waals surface area contributed by atoms with Crippen molar-refractivity contribution in [2.75, 3.05) is 7.11 Å². The van der Waals surface area contributed by atoms with Gasteiger partial charge in [0.1, 0.15) is 5.75 Å². The molecule has 0 saturated heterocycles. The maximum Gasteiger partial charge on any atom is 0.383 e. The molecule has 0 amide bonds. The van der Waals surface area contributed by atoms with Crippen LogP contribution >= 0.6 is 0 Å². The van der Waals surface area contributed by atoms with E-state index in [1.807, 2.05) is 19.2 Å². The van der Waals surface area contributed by atoms with E-state index in [4.69, 9.17) is 13.0 Å². The van der Waals surface area contributed by atoms with Crippen molar-refractivity contribution in [3.8, 4) is 5.75 Å². The van der Waals surface area contributed by atoms with Crippen LogP contribution in [0.4, 0.5) is 0 Å². The van der Waals surface area contributed by atoms with Crippen LogP contribution in [0.1, 0.15) is 0 Å². The molecule has 0 unspecified atom stereocenters. The van der Waals surface area contributed by atoms with E-state index in [1.165, 1.54) is 32.4 Å². The highest BCUT2D eigenvalue weighted by atomic mass is 28.5. The van der Waals surface area contributed by atoms with Crippen LogP contribution in [0, 0.1) is 0 Å². The fraction of sp³-hybridized carbons (Fsp3) is 0.200. The molecular formula is C25H27NO3Si2. The molecule has 4 aromatic carbocycles. The second kappa shape index (κ2) is 7.20. The minimum atomic E-state index is -2.37. The summed E-state index contributed by atoms with van der Waals surface area (Å²) >= 11 is 0. The van der Waals surface area contributed by atoms with Crippen molar-refractivity contribution in [2.24, 2.45) is 0 Å². The minimum Gasteiger partial charge on any atom is -0.521 e. The zero-order valence-electron chi connectivity index (χ0n) is 18.6. The molecule has 0 spiro atoms. The smallest absolute Gasteiger partial charge is 0.383 e. The Morgan fingerprint density at radius 3 is 1.97 bits per heavy atom. The Bertz CT molecular complexity index is 1440. The van der Waals surface area contributed by atoms with E-state index in [-0.39, 0.29) is 0 Å². The third-order valence-corrected chi connectivity index (χ3v) is 11.5. The summed E-state index contributed by atoms with van der Waals surface area (Å²) in [6, 6.07) is 23.6. The summed E-state index contributed by atoms with van der Waals surface area (Å²) in [7, 11) is -2.83. The standard InChI is InChI=1S/C25H27NO3Si2/c1-27-30(2,3)29-31(4,5)28-19-12-15-21-18(16-19)11-14-23-22-13-10-17-8-6-7-9-20(17)24(22)26-25(21)23/h6-16,26H,1-5H3. The Kier molecular flexibility index (Phi) is 4.71. The lowest BCUT2D eigenvalue weighted by Gasteiger charge is -2.31. The molecule has 0 aliphatic carbocycles. The molecule has 0 aliphatic heterocycles. The number of aromatic nitrogens is 1. The van der Waals surface area contributed by atoms with Crippen molar-refractivity contribution < 1.29 is 13.0 Å². The van der Waals surface area contributed by atoms with Crippen LogP contribution < -0.4 is 4.43 Å². The molecule has 0 fully saturated rings. The van der Waals surface area contributed by atoms with E-state index in [1.54, 1.807) is 7.11 Å². The summed E-state index contributed by atoms with van der Waals surface area (Å²) < 4.78 is 18.2. The van der Waals surface area contributed by atoms with E-state index in [0.29, 0.717) is 0 Å². The Labute approximate surface area is 184 Å². The number of hydrogen-bond acceptors (Lipinski definition) is 3. The SMILES string of the molecule is CO[Si](C)(C)O[Si](C)(C)Oc1ccc2c(ccc3c4ccc5ccccc5c4[nH]c23)c1. The first-order valence-electron chi connectivity index (χ1n) is 10.6. The molecule has 0 radical (unpaired) electrons. The molecule has 0 bridgehead atoms. The third-order valence-electron chi connectivity index (χ3n) is 5.81. The molecule has 1 aromatic heterocycles. The number of nitrogens with one attached hydrogen (secondary N) is 1. The summed E-state index contributed by atoms with van der Waals surface area (Å²) in [5.41, 5.74) is 2.35. The second-order valence-electron chi connectivity index (χ2n) is 8.91. The quantitative estimate of drug-likeness (QED) is 0.294. The highest BCUT2D eigenvalue weighted by Crippen LogP contribution is 2.36. The molecule has 5 rings (SSSR count). The highest BCUT2D eigenvalue weighted by molar-refractivity contribution is 6.79. The van der Waals surface area contributed by atoms with E-state index >= 15 is 0 Å². The number of H-pyrrole nitrogens is 1. The lowest BCUT2D eigenvalue weighted by Crippen LogP contribution is -2.49. The molecule has 0 atom stereocenters.